The number of fused-ring (bicyclic) bond motifs is 1. The molecule has 4 rings (SSSR count). The lowest BCUT2D eigenvalue weighted by Gasteiger charge is -2.36. The summed E-state index contributed by atoms with van der Waals surface area (Å²) in [6.07, 6.45) is 7.43. The number of imidazole rings is 1. The maximum Gasteiger partial charge on any atom is 0.410 e. The van der Waals surface area contributed by atoms with Crippen molar-refractivity contribution in [3.05, 3.63) is 49.1 Å². The maximum absolute atomic E-state index is 12.2. The van der Waals surface area contributed by atoms with E-state index >= 15 is 0 Å². The van der Waals surface area contributed by atoms with Gasteiger partial charge in [0, 0.05) is 56.5 Å². The second kappa shape index (κ2) is 7.14. The molecule has 7 nitrogen and oxygen atoms in total. The van der Waals surface area contributed by atoms with Gasteiger partial charge >= 0.3 is 6.09 Å². The number of carbonyl (C=O) groups is 1. The van der Waals surface area contributed by atoms with Crippen LogP contribution in [0, 0.1) is 0 Å². The van der Waals surface area contributed by atoms with Gasteiger partial charge in [-0.3, -0.25) is 0 Å². The molecule has 3 aromatic heterocycles. The van der Waals surface area contributed by atoms with Crippen LogP contribution in [0.15, 0.2) is 49.1 Å². The molecular weight excluding hydrogens is 354 g/mol. The first kappa shape index (κ1) is 18.3. The Bertz CT molecular complexity index is 966. The van der Waals surface area contributed by atoms with Crippen LogP contribution in [-0.2, 0) is 4.74 Å². The van der Waals surface area contributed by atoms with Crippen molar-refractivity contribution in [2.45, 2.75) is 26.4 Å². The van der Waals surface area contributed by atoms with Crippen LogP contribution < -0.4 is 4.90 Å². The second-order valence-corrected chi connectivity index (χ2v) is 7.97. The molecule has 4 heterocycles. The van der Waals surface area contributed by atoms with E-state index in [-0.39, 0.29) is 6.09 Å². The fourth-order valence-electron chi connectivity index (χ4n) is 3.28. The minimum atomic E-state index is -0.467. The van der Waals surface area contributed by atoms with Crippen molar-refractivity contribution in [3.8, 4) is 11.1 Å². The number of pyridine rings is 2. The standard InChI is InChI=1S/C21H25N5O2/c1-21(2,3)28-20(27)25-12-10-24(11-13-25)19-6-4-16(14-23-19)17-5-7-18-22-8-9-26(18)15-17/h4-9,14-15H,10-13H2,1-3H3. The molecule has 1 fully saturated rings. The number of hydrogen-bond acceptors (Lipinski definition) is 5. The first-order valence-electron chi connectivity index (χ1n) is 9.51. The zero-order valence-electron chi connectivity index (χ0n) is 16.5. The van der Waals surface area contributed by atoms with Crippen molar-refractivity contribution in [1.29, 1.82) is 0 Å². The Kier molecular flexibility index (Phi) is 4.66. The van der Waals surface area contributed by atoms with E-state index < -0.39 is 5.60 Å². The number of carbonyl (C=O) groups excluding carboxylic acids is 1. The van der Waals surface area contributed by atoms with Crippen LogP contribution >= 0.6 is 0 Å². The van der Waals surface area contributed by atoms with Gasteiger partial charge in [-0.15, -0.1) is 0 Å². The summed E-state index contributed by atoms with van der Waals surface area (Å²) < 4.78 is 7.45. The van der Waals surface area contributed by atoms with Crippen LogP contribution in [0.1, 0.15) is 20.8 Å². The Morgan fingerprint density at radius 1 is 1.00 bits per heavy atom. The predicted molar refractivity (Wildman–Crippen MR) is 108 cm³/mol. The largest absolute Gasteiger partial charge is 0.444 e. The van der Waals surface area contributed by atoms with Crippen LogP contribution in [0.3, 0.4) is 0 Å². The number of rotatable bonds is 2. The third-order valence-corrected chi connectivity index (χ3v) is 4.73. The van der Waals surface area contributed by atoms with E-state index in [0.717, 1.165) is 35.7 Å². The lowest BCUT2D eigenvalue weighted by molar-refractivity contribution is 0.0240. The molecule has 0 unspecified atom stereocenters. The molecule has 1 aliphatic rings. The zero-order chi connectivity index (χ0) is 19.7. The number of nitrogens with zero attached hydrogens (tertiary/aromatic N) is 5. The maximum atomic E-state index is 12.2. The van der Waals surface area contributed by atoms with Gasteiger partial charge in [-0.25, -0.2) is 14.8 Å². The molecule has 1 amide bonds. The van der Waals surface area contributed by atoms with Gasteiger partial charge in [0.15, 0.2) is 0 Å². The molecule has 0 aliphatic carbocycles. The number of hydrogen-bond donors (Lipinski definition) is 0. The lowest BCUT2D eigenvalue weighted by Crippen LogP contribution is -2.50. The quantitative estimate of drug-likeness (QED) is 0.682. The summed E-state index contributed by atoms with van der Waals surface area (Å²) in [7, 11) is 0. The van der Waals surface area contributed by atoms with E-state index in [9.17, 15) is 4.79 Å². The van der Waals surface area contributed by atoms with E-state index in [0.29, 0.717) is 13.1 Å². The highest BCUT2D eigenvalue weighted by molar-refractivity contribution is 5.69. The van der Waals surface area contributed by atoms with E-state index in [4.69, 9.17) is 4.74 Å². The SMILES string of the molecule is CC(C)(C)OC(=O)N1CCN(c2ccc(-c3ccc4nccn4c3)cn2)CC1. The summed E-state index contributed by atoms with van der Waals surface area (Å²) in [5.41, 5.74) is 2.62. The third-order valence-electron chi connectivity index (χ3n) is 4.73. The molecule has 7 heteroatoms. The highest BCUT2D eigenvalue weighted by atomic mass is 16.6. The van der Waals surface area contributed by atoms with E-state index in [1.54, 1.807) is 11.1 Å². The summed E-state index contributed by atoms with van der Waals surface area (Å²) in [6, 6.07) is 8.18. The molecule has 1 aliphatic heterocycles. The average Bonchev–Trinajstić information content (AvgIpc) is 3.15. The molecule has 0 saturated carbocycles. The molecule has 0 atom stereocenters. The molecule has 146 valence electrons. The van der Waals surface area contributed by atoms with Crippen LogP contribution in [-0.4, -0.2) is 57.1 Å². The average molecular weight is 379 g/mol. The van der Waals surface area contributed by atoms with Crippen molar-refractivity contribution in [1.82, 2.24) is 19.3 Å². The smallest absolute Gasteiger partial charge is 0.410 e. The predicted octanol–water partition coefficient (Wildman–Crippen LogP) is 3.45. The molecule has 0 spiro atoms. The fourth-order valence-corrected chi connectivity index (χ4v) is 3.28. The topological polar surface area (TPSA) is 63.0 Å². The minimum absolute atomic E-state index is 0.245. The van der Waals surface area contributed by atoms with Gasteiger partial charge in [0.05, 0.1) is 0 Å². The molecule has 1 saturated heterocycles. The first-order chi connectivity index (χ1) is 13.4. The molecule has 0 N–H and O–H groups in total. The molecule has 0 radical (unpaired) electrons. The number of anilines is 1. The van der Waals surface area contributed by atoms with Crippen molar-refractivity contribution in [3.63, 3.8) is 0 Å². The Morgan fingerprint density at radius 3 is 2.43 bits per heavy atom. The number of amides is 1. The number of aromatic nitrogens is 3. The van der Waals surface area contributed by atoms with Gasteiger partial charge in [-0.1, -0.05) is 0 Å². The van der Waals surface area contributed by atoms with Gasteiger partial charge in [-0.2, -0.15) is 0 Å². The lowest BCUT2D eigenvalue weighted by atomic mass is 10.1. The minimum Gasteiger partial charge on any atom is -0.444 e. The van der Waals surface area contributed by atoms with Gasteiger partial charge in [0.25, 0.3) is 0 Å². The summed E-state index contributed by atoms with van der Waals surface area (Å²) in [5.74, 6) is 0.927. The Morgan fingerprint density at radius 2 is 1.75 bits per heavy atom. The Hall–Kier alpha value is -3.09. The third kappa shape index (κ3) is 3.93. The van der Waals surface area contributed by atoms with E-state index in [2.05, 4.69) is 33.2 Å². The van der Waals surface area contributed by atoms with Crippen LogP contribution in [0.2, 0.25) is 0 Å². The first-order valence-corrected chi connectivity index (χ1v) is 9.51. The zero-order valence-corrected chi connectivity index (χ0v) is 16.5. The molecular formula is C21H25N5O2. The highest BCUT2D eigenvalue weighted by Gasteiger charge is 2.26. The van der Waals surface area contributed by atoms with Crippen LogP contribution in [0.5, 0.6) is 0 Å². The van der Waals surface area contributed by atoms with Crippen LogP contribution in [0.25, 0.3) is 16.8 Å². The molecule has 3 aromatic rings. The van der Waals surface area contributed by atoms with Crippen molar-refractivity contribution >= 4 is 17.6 Å². The van der Waals surface area contributed by atoms with Gasteiger partial charge in [0.2, 0.25) is 0 Å². The number of piperazine rings is 1. The van der Waals surface area contributed by atoms with Crippen molar-refractivity contribution < 1.29 is 9.53 Å². The van der Waals surface area contributed by atoms with Crippen molar-refractivity contribution in [2.75, 3.05) is 31.1 Å². The highest BCUT2D eigenvalue weighted by Crippen LogP contribution is 2.22. The number of ether oxygens (including phenoxy) is 1. The summed E-state index contributed by atoms with van der Waals surface area (Å²) in [6.45, 7) is 8.41. The van der Waals surface area contributed by atoms with Crippen molar-refractivity contribution in [2.24, 2.45) is 0 Å². The monoisotopic (exact) mass is 379 g/mol. The normalized spacial score (nSPS) is 15.1. The molecule has 0 aromatic carbocycles. The van der Waals surface area contributed by atoms with Gasteiger partial charge in [-0.05, 0) is 50.6 Å². The van der Waals surface area contributed by atoms with Gasteiger partial charge in [0.1, 0.15) is 17.1 Å². The molecule has 28 heavy (non-hydrogen) atoms. The summed E-state index contributed by atoms with van der Waals surface area (Å²) in [4.78, 5) is 25.1. The fraction of sp³-hybridized carbons (Fsp3) is 0.381. The summed E-state index contributed by atoms with van der Waals surface area (Å²) >= 11 is 0. The molecule has 0 bridgehead atoms. The Balaban J connectivity index is 1.40. The summed E-state index contributed by atoms with van der Waals surface area (Å²) in [5, 5.41) is 0. The van der Waals surface area contributed by atoms with E-state index in [1.165, 1.54) is 0 Å². The van der Waals surface area contributed by atoms with Crippen LogP contribution in [0.4, 0.5) is 10.6 Å². The Labute approximate surface area is 164 Å². The van der Waals surface area contributed by atoms with E-state index in [1.807, 2.05) is 49.7 Å². The van der Waals surface area contributed by atoms with Gasteiger partial charge < -0.3 is 18.9 Å². The second-order valence-electron chi connectivity index (χ2n) is 7.97.